The normalized spacial score (nSPS) is 14.4. The fraction of sp³-hybridized carbons (Fsp3) is 0.375. The van der Waals surface area contributed by atoms with Gasteiger partial charge in [-0.2, -0.15) is 0 Å². The Kier molecular flexibility index (Phi) is 7.24. The molecular weight excluding hydrogens is 304 g/mol. The minimum Gasteiger partial charge on any atom is -0.504 e. The lowest BCUT2D eigenvalue weighted by molar-refractivity contribution is -0.131. The van der Waals surface area contributed by atoms with Crippen LogP contribution in [-0.4, -0.2) is 48.6 Å². The summed E-state index contributed by atoms with van der Waals surface area (Å²) in [5.74, 6) is -1.55. The van der Waals surface area contributed by atoms with Crippen LogP contribution < -0.4 is 4.74 Å². The molecule has 1 aliphatic heterocycles. The molecule has 0 amide bonds. The number of ketones is 1. The molecule has 0 unspecified atom stereocenters. The molecule has 126 valence electrons. The first-order valence-corrected chi connectivity index (χ1v) is 6.92. The van der Waals surface area contributed by atoms with Crippen molar-refractivity contribution in [3.05, 3.63) is 29.3 Å². The van der Waals surface area contributed by atoms with Crippen molar-refractivity contribution in [3.63, 3.8) is 0 Å². The maximum atomic E-state index is 11.5. The summed E-state index contributed by atoms with van der Waals surface area (Å²) >= 11 is 0. The molecule has 2 rings (SSSR count). The molecule has 1 aromatic carbocycles. The molecule has 0 spiro atoms. The summed E-state index contributed by atoms with van der Waals surface area (Å²) < 4.78 is 14.8. The summed E-state index contributed by atoms with van der Waals surface area (Å²) in [6.45, 7) is 4.74. The van der Waals surface area contributed by atoms with Gasteiger partial charge in [-0.05, 0) is 31.6 Å². The summed E-state index contributed by atoms with van der Waals surface area (Å²) in [5, 5.41) is 18.1. The molecule has 0 saturated carbocycles. The van der Waals surface area contributed by atoms with Crippen molar-refractivity contribution in [2.75, 3.05) is 20.3 Å². The second kappa shape index (κ2) is 8.92. The van der Waals surface area contributed by atoms with E-state index in [0.29, 0.717) is 5.56 Å². The Morgan fingerprint density at radius 1 is 1.30 bits per heavy atom. The van der Waals surface area contributed by atoms with Gasteiger partial charge >= 0.3 is 5.97 Å². The number of methoxy groups -OCH3 is 1. The molecule has 23 heavy (non-hydrogen) atoms. The highest BCUT2D eigenvalue weighted by Crippen LogP contribution is 2.33. The molecule has 0 aliphatic carbocycles. The quantitative estimate of drug-likeness (QED) is 0.645. The SMILES string of the molecule is CC1OCCO1.COc1c(O)ccc(C=CC(=O)O)c1C(C)=O. The lowest BCUT2D eigenvalue weighted by atomic mass is 10.0. The van der Waals surface area contributed by atoms with Crippen molar-refractivity contribution < 1.29 is 34.0 Å². The average molecular weight is 324 g/mol. The van der Waals surface area contributed by atoms with Gasteiger partial charge in [-0.1, -0.05) is 6.07 Å². The molecule has 1 saturated heterocycles. The average Bonchev–Trinajstić information content (AvgIpc) is 2.97. The summed E-state index contributed by atoms with van der Waals surface area (Å²) in [5.41, 5.74) is 0.541. The van der Waals surface area contributed by atoms with Crippen molar-refractivity contribution >= 4 is 17.8 Å². The number of carbonyl (C=O) groups excluding carboxylic acids is 1. The van der Waals surface area contributed by atoms with Gasteiger partial charge in [0.05, 0.1) is 25.9 Å². The van der Waals surface area contributed by atoms with Crippen LogP contribution in [0.5, 0.6) is 11.5 Å². The molecule has 0 atom stereocenters. The number of aliphatic carboxylic acids is 1. The Balaban J connectivity index is 0.000000366. The van der Waals surface area contributed by atoms with E-state index in [1.54, 1.807) is 0 Å². The lowest BCUT2D eigenvalue weighted by Gasteiger charge is -2.10. The molecule has 0 aromatic heterocycles. The minimum absolute atomic E-state index is 0.0463. The zero-order chi connectivity index (χ0) is 17.4. The van der Waals surface area contributed by atoms with Gasteiger partial charge < -0.3 is 24.4 Å². The van der Waals surface area contributed by atoms with E-state index >= 15 is 0 Å². The van der Waals surface area contributed by atoms with Gasteiger partial charge in [-0.25, -0.2) is 4.79 Å². The number of phenolic OH excluding ortho intramolecular Hbond substituents is 1. The first kappa shape index (κ1) is 18.7. The van der Waals surface area contributed by atoms with E-state index in [2.05, 4.69) is 0 Å². The van der Waals surface area contributed by atoms with Gasteiger partial charge in [0.2, 0.25) is 0 Å². The second-order valence-electron chi connectivity index (χ2n) is 4.62. The Bertz CT molecular complexity index is 586. The summed E-state index contributed by atoms with van der Waals surface area (Å²) in [6, 6.07) is 2.79. The smallest absolute Gasteiger partial charge is 0.328 e. The van der Waals surface area contributed by atoms with Crippen molar-refractivity contribution in [3.8, 4) is 11.5 Å². The number of carboxylic acids is 1. The second-order valence-corrected chi connectivity index (χ2v) is 4.62. The van der Waals surface area contributed by atoms with Crippen LogP contribution in [0.2, 0.25) is 0 Å². The minimum atomic E-state index is -1.12. The molecule has 1 fully saturated rings. The number of ether oxygens (including phenoxy) is 3. The first-order valence-electron chi connectivity index (χ1n) is 6.92. The predicted octanol–water partition coefficient (Wildman–Crippen LogP) is 2.08. The number of hydrogen-bond donors (Lipinski definition) is 2. The van der Waals surface area contributed by atoms with Crippen molar-refractivity contribution in [2.45, 2.75) is 20.1 Å². The lowest BCUT2D eigenvalue weighted by Crippen LogP contribution is -2.01. The number of carboxylic acid groups (broad SMARTS) is 1. The largest absolute Gasteiger partial charge is 0.504 e. The monoisotopic (exact) mass is 324 g/mol. The predicted molar refractivity (Wildman–Crippen MR) is 82.7 cm³/mol. The Hall–Kier alpha value is -2.38. The summed E-state index contributed by atoms with van der Waals surface area (Å²) in [7, 11) is 1.33. The number of phenols is 1. The molecule has 1 aliphatic rings. The third-order valence-corrected chi connectivity index (χ3v) is 2.92. The van der Waals surface area contributed by atoms with Gasteiger partial charge in [-0.3, -0.25) is 4.79 Å². The van der Waals surface area contributed by atoms with Crippen LogP contribution in [0.3, 0.4) is 0 Å². The number of benzene rings is 1. The van der Waals surface area contributed by atoms with Gasteiger partial charge in [0, 0.05) is 6.08 Å². The van der Waals surface area contributed by atoms with E-state index in [4.69, 9.17) is 19.3 Å². The van der Waals surface area contributed by atoms with E-state index in [0.717, 1.165) is 19.3 Å². The number of aromatic hydroxyl groups is 1. The molecule has 1 heterocycles. The number of rotatable bonds is 4. The fourth-order valence-electron chi connectivity index (χ4n) is 1.93. The summed E-state index contributed by atoms with van der Waals surface area (Å²) in [4.78, 5) is 21.9. The Morgan fingerprint density at radius 3 is 2.30 bits per heavy atom. The maximum Gasteiger partial charge on any atom is 0.328 e. The summed E-state index contributed by atoms with van der Waals surface area (Å²) in [6.07, 6.45) is 2.24. The highest BCUT2D eigenvalue weighted by atomic mass is 16.7. The molecule has 0 radical (unpaired) electrons. The number of carbonyl (C=O) groups is 2. The van der Waals surface area contributed by atoms with Crippen molar-refractivity contribution in [2.24, 2.45) is 0 Å². The zero-order valence-electron chi connectivity index (χ0n) is 13.2. The van der Waals surface area contributed by atoms with Crippen LogP contribution in [-0.2, 0) is 14.3 Å². The maximum absolute atomic E-state index is 11.5. The third kappa shape index (κ3) is 5.72. The van der Waals surface area contributed by atoms with E-state index in [1.807, 2.05) is 6.92 Å². The van der Waals surface area contributed by atoms with Gasteiger partial charge in [0.25, 0.3) is 0 Å². The topological polar surface area (TPSA) is 102 Å². The van der Waals surface area contributed by atoms with Crippen LogP contribution in [0.15, 0.2) is 18.2 Å². The third-order valence-electron chi connectivity index (χ3n) is 2.92. The highest BCUT2D eigenvalue weighted by molar-refractivity contribution is 6.02. The molecule has 2 N–H and O–H groups in total. The van der Waals surface area contributed by atoms with Gasteiger partial charge in [0.1, 0.15) is 0 Å². The molecule has 7 heteroatoms. The zero-order valence-corrected chi connectivity index (χ0v) is 13.2. The van der Waals surface area contributed by atoms with E-state index in [-0.39, 0.29) is 29.1 Å². The van der Waals surface area contributed by atoms with Crippen LogP contribution in [0.25, 0.3) is 6.08 Å². The number of hydrogen-bond acceptors (Lipinski definition) is 6. The Labute approximate surface area is 134 Å². The van der Waals surface area contributed by atoms with E-state index in [1.165, 1.54) is 32.2 Å². The van der Waals surface area contributed by atoms with Gasteiger partial charge in [0.15, 0.2) is 23.6 Å². The molecular formula is C16H20O7. The molecule has 7 nitrogen and oxygen atoms in total. The van der Waals surface area contributed by atoms with E-state index in [9.17, 15) is 14.7 Å². The van der Waals surface area contributed by atoms with Crippen LogP contribution >= 0.6 is 0 Å². The molecule has 1 aromatic rings. The van der Waals surface area contributed by atoms with Crippen molar-refractivity contribution in [1.29, 1.82) is 0 Å². The van der Waals surface area contributed by atoms with Crippen LogP contribution in [0.1, 0.15) is 29.8 Å². The number of Topliss-reactive ketones (excluding diaryl/α,β-unsaturated/α-hetero) is 1. The van der Waals surface area contributed by atoms with Crippen LogP contribution in [0, 0.1) is 0 Å². The first-order chi connectivity index (χ1) is 10.9. The Morgan fingerprint density at radius 2 is 1.91 bits per heavy atom. The van der Waals surface area contributed by atoms with Crippen LogP contribution in [0.4, 0.5) is 0 Å². The van der Waals surface area contributed by atoms with E-state index < -0.39 is 5.97 Å². The molecule has 0 bridgehead atoms. The highest BCUT2D eigenvalue weighted by Gasteiger charge is 2.16. The van der Waals surface area contributed by atoms with Gasteiger partial charge in [-0.15, -0.1) is 0 Å². The fourth-order valence-corrected chi connectivity index (χ4v) is 1.93. The standard InChI is InChI=1S/C12H12O5.C4H8O2/c1-7(13)11-8(4-6-10(15)16)3-5-9(14)12(11)17-2;1-4-5-2-3-6-4/h3-6,14H,1-2H3,(H,15,16);4H,2-3H2,1H3. The van der Waals surface area contributed by atoms with Crippen molar-refractivity contribution in [1.82, 2.24) is 0 Å².